The molecule has 3 aromatic carbocycles. The van der Waals surface area contributed by atoms with E-state index in [2.05, 4.69) is 31.9 Å². The number of nitro benzene ring substituents is 1. The molecule has 0 aliphatic heterocycles. The van der Waals surface area contributed by atoms with Crippen molar-refractivity contribution in [1.82, 2.24) is 0 Å². The zero-order chi connectivity index (χ0) is 17.1. The van der Waals surface area contributed by atoms with Crippen LogP contribution in [0.4, 0.5) is 22.7 Å². The predicted molar refractivity (Wildman–Crippen MR) is 103 cm³/mol. The Morgan fingerprint density at radius 1 is 0.750 bits per heavy atom. The molecule has 0 amide bonds. The second-order valence-corrected chi connectivity index (χ2v) is 6.72. The first kappa shape index (κ1) is 16.7. The monoisotopic (exact) mass is 446 g/mol. The normalized spacial score (nSPS) is 10.4. The number of anilines is 3. The summed E-state index contributed by atoms with van der Waals surface area (Å²) in [6.07, 6.45) is 0. The number of para-hydroxylation sites is 2. The van der Waals surface area contributed by atoms with Crippen LogP contribution in [0.3, 0.4) is 0 Å². The van der Waals surface area contributed by atoms with E-state index >= 15 is 0 Å². The minimum absolute atomic E-state index is 0.0676. The lowest BCUT2D eigenvalue weighted by Gasteiger charge is -2.27. The van der Waals surface area contributed by atoms with E-state index in [0.717, 1.165) is 26.0 Å². The van der Waals surface area contributed by atoms with Crippen LogP contribution in [0, 0.1) is 10.1 Å². The first-order chi connectivity index (χ1) is 11.6. The molecule has 3 rings (SSSR count). The van der Waals surface area contributed by atoms with E-state index in [9.17, 15) is 10.1 Å². The summed E-state index contributed by atoms with van der Waals surface area (Å²) in [4.78, 5) is 12.5. The summed E-state index contributed by atoms with van der Waals surface area (Å²) in [6.45, 7) is 0. The number of rotatable bonds is 4. The zero-order valence-electron chi connectivity index (χ0n) is 12.4. The Kier molecular flexibility index (Phi) is 4.97. The lowest BCUT2D eigenvalue weighted by molar-refractivity contribution is -0.384. The first-order valence-electron chi connectivity index (χ1n) is 7.11. The van der Waals surface area contributed by atoms with Gasteiger partial charge in [0.2, 0.25) is 0 Å². The van der Waals surface area contributed by atoms with Gasteiger partial charge in [0.05, 0.1) is 16.3 Å². The van der Waals surface area contributed by atoms with E-state index in [4.69, 9.17) is 0 Å². The number of hydrogen-bond acceptors (Lipinski definition) is 3. The highest BCUT2D eigenvalue weighted by Gasteiger charge is 2.17. The van der Waals surface area contributed by atoms with Crippen LogP contribution in [0.1, 0.15) is 0 Å². The molecule has 6 heteroatoms. The van der Waals surface area contributed by atoms with E-state index in [0.29, 0.717) is 0 Å². The van der Waals surface area contributed by atoms with Crippen molar-refractivity contribution >= 4 is 54.6 Å². The molecular weight excluding hydrogens is 436 g/mol. The summed E-state index contributed by atoms with van der Waals surface area (Å²) >= 11 is 7.18. The molecule has 24 heavy (non-hydrogen) atoms. The second-order valence-electron chi connectivity index (χ2n) is 5.01. The van der Waals surface area contributed by atoms with Crippen molar-refractivity contribution in [1.29, 1.82) is 0 Å². The van der Waals surface area contributed by atoms with Gasteiger partial charge in [0.15, 0.2) is 0 Å². The Balaban J connectivity index is 2.17. The molecule has 0 saturated carbocycles. The van der Waals surface area contributed by atoms with E-state index in [1.807, 2.05) is 53.4 Å². The van der Waals surface area contributed by atoms with Crippen molar-refractivity contribution in [3.63, 3.8) is 0 Å². The second kappa shape index (κ2) is 7.15. The Hall–Kier alpha value is -2.18. The molecule has 3 aromatic rings. The molecule has 0 bridgehead atoms. The summed E-state index contributed by atoms with van der Waals surface area (Å²) in [7, 11) is 0. The van der Waals surface area contributed by atoms with Gasteiger partial charge in [-0.2, -0.15) is 0 Å². The largest absolute Gasteiger partial charge is 0.308 e. The van der Waals surface area contributed by atoms with Crippen LogP contribution in [0.5, 0.6) is 0 Å². The number of halogens is 2. The van der Waals surface area contributed by atoms with Gasteiger partial charge in [0, 0.05) is 26.8 Å². The number of benzene rings is 3. The fourth-order valence-corrected chi connectivity index (χ4v) is 3.32. The molecule has 4 nitrogen and oxygen atoms in total. The molecule has 0 fully saturated rings. The smallest absolute Gasteiger partial charge is 0.269 e. The summed E-state index contributed by atoms with van der Waals surface area (Å²) in [5, 5.41) is 10.9. The minimum Gasteiger partial charge on any atom is -0.308 e. The summed E-state index contributed by atoms with van der Waals surface area (Å²) < 4.78 is 1.86. The molecule has 0 saturated heterocycles. The van der Waals surface area contributed by atoms with Crippen molar-refractivity contribution in [2.75, 3.05) is 4.90 Å². The van der Waals surface area contributed by atoms with Crippen molar-refractivity contribution in [2.24, 2.45) is 0 Å². The SMILES string of the molecule is O=[N+]([O-])c1ccc(N(c2ccccc2Br)c2ccccc2Br)cc1. The standard InChI is InChI=1S/C18H12Br2N2O2/c19-15-5-1-3-7-17(15)21(18-8-4-2-6-16(18)20)13-9-11-14(12-10-13)22(23)24/h1-12H. The maximum atomic E-state index is 10.9. The van der Waals surface area contributed by atoms with Crippen LogP contribution < -0.4 is 4.90 Å². The maximum absolute atomic E-state index is 10.9. The average Bonchev–Trinajstić information content (AvgIpc) is 2.59. The molecule has 0 aliphatic rings. The number of nitrogens with zero attached hydrogens (tertiary/aromatic N) is 2. The quantitative estimate of drug-likeness (QED) is 0.334. The maximum Gasteiger partial charge on any atom is 0.269 e. The fourth-order valence-electron chi connectivity index (χ4n) is 2.40. The Labute approximate surface area is 156 Å². The highest BCUT2D eigenvalue weighted by atomic mass is 79.9. The Bertz CT molecular complexity index is 837. The minimum atomic E-state index is -0.398. The van der Waals surface area contributed by atoms with Gasteiger partial charge in [-0.05, 0) is 68.3 Å². The van der Waals surface area contributed by atoms with Crippen LogP contribution in [-0.2, 0) is 0 Å². The molecular formula is C18H12Br2N2O2. The third-order valence-corrected chi connectivity index (χ3v) is 4.85. The fraction of sp³-hybridized carbons (Fsp3) is 0. The van der Waals surface area contributed by atoms with Crippen molar-refractivity contribution < 1.29 is 4.92 Å². The first-order valence-corrected chi connectivity index (χ1v) is 8.70. The third-order valence-electron chi connectivity index (χ3n) is 3.51. The average molecular weight is 448 g/mol. The van der Waals surface area contributed by atoms with Gasteiger partial charge in [0.1, 0.15) is 0 Å². The van der Waals surface area contributed by atoms with Gasteiger partial charge < -0.3 is 4.90 Å². The summed E-state index contributed by atoms with van der Waals surface area (Å²) in [5.41, 5.74) is 2.79. The summed E-state index contributed by atoms with van der Waals surface area (Å²) in [6, 6.07) is 22.2. The molecule has 0 spiro atoms. The van der Waals surface area contributed by atoms with Crippen LogP contribution in [-0.4, -0.2) is 4.92 Å². The highest BCUT2D eigenvalue weighted by molar-refractivity contribution is 9.11. The van der Waals surface area contributed by atoms with Crippen LogP contribution in [0.15, 0.2) is 81.7 Å². The number of nitro groups is 1. The van der Waals surface area contributed by atoms with E-state index in [1.165, 1.54) is 12.1 Å². The molecule has 0 N–H and O–H groups in total. The lowest BCUT2D eigenvalue weighted by Crippen LogP contribution is -2.11. The summed E-state index contributed by atoms with van der Waals surface area (Å²) in [5.74, 6) is 0. The van der Waals surface area contributed by atoms with Crippen molar-refractivity contribution in [2.45, 2.75) is 0 Å². The van der Waals surface area contributed by atoms with Gasteiger partial charge in [-0.15, -0.1) is 0 Å². The number of hydrogen-bond donors (Lipinski definition) is 0. The zero-order valence-corrected chi connectivity index (χ0v) is 15.6. The van der Waals surface area contributed by atoms with Crippen molar-refractivity contribution in [3.8, 4) is 0 Å². The van der Waals surface area contributed by atoms with Gasteiger partial charge in [-0.3, -0.25) is 10.1 Å². The molecule has 0 radical (unpaired) electrons. The van der Waals surface area contributed by atoms with E-state index < -0.39 is 4.92 Å². The highest BCUT2D eigenvalue weighted by Crippen LogP contribution is 2.41. The van der Waals surface area contributed by atoms with Crippen molar-refractivity contribution in [3.05, 3.63) is 91.9 Å². The van der Waals surface area contributed by atoms with E-state index in [1.54, 1.807) is 12.1 Å². The topological polar surface area (TPSA) is 46.4 Å². The van der Waals surface area contributed by atoms with Gasteiger partial charge >= 0.3 is 0 Å². The third kappa shape index (κ3) is 3.34. The Morgan fingerprint density at radius 3 is 1.62 bits per heavy atom. The molecule has 0 aliphatic carbocycles. The molecule has 0 aromatic heterocycles. The lowest BCUT2D eigenvalue weighted by atomic mass is 10.2. The Morgan fingerprint density at radius 2 is 1.21 bits per heavy atom. The molecule has 0 heterocycles. The van der Waals surface area contributed by atoms with Crippen LogP contribution in [0.25, 0.3) is 0 Å². The van der Waals surface area contributed by atoms with E-state index in [-0.39, 0.29) is 5.69 Å². The number of non-ortho nitro benzene ring substituents is 1. The van der Waals surface area contributed by atoms with Gasteiger partial charge in [0.25, 0.3) is 5.69 Å². The molecule has 0 atom stereocenters. The van der Waals surface area contributed by atoms with Crippen LogP contribution in [0.2, 0.25) is 0 Å². The predicted octanol–water partition coefficient (Wildman–Crippen LogP) is 6.59. The van der Waals surface area contributed by atoms with Crippen LogP contribution >= 0.6 is 31.9 Å². The van der Waals surface area contributed by atoms with Gasteiger partial charge in [-0.25, -0.2) is 0 Å². The molecule has 0 unspecified atom stereocenters. The van der Waals surface area contributed by atoms with Gasteiger partial charge in [-0.1, -0.05) is 24.3 Å². The molecule has 120 valence electrons.